The molecule has 0 aromatic carbocycles. The first-order chi connectivity index (χ1) is 6.50. The average molecular weight is 192 g/mol. The van der Waals surface area contributed by atoms with E-state index in [0.717, 1.165) is 23.9 Å². The van der Waals surface area contributed by atoms with Crippen molar-refractivity contribution in [3.8, 4) is 0 Å². The van der Waals surface area contributed by atoms with Crippen molar-refractivity contribution in [3.63, 3.8) is 0 Å². The quantitative estimate of drug-likeness (QED) is 0.628. The van der Waals surface area contributed by atoms with Gasteiger partial charge in [-0.05, 0) is 24.7 Å². The van der Waals surface area contributed by atoms with Crippen LogP contribution in [-0.2, 0) is 9.59 Å². The fraction of sp³-hybridized carbons (Fsp3) is 0.667. The van der Waals surface area contributed by atoms with Gasteiger partial charge in [-0.2, -0.15) is 0 Å². The maximum absolute atomic E-state index is 12.0. The first-order valence-electron chi connectivity index (χ1n) is 5.17. The lowest BCUT2D eigenvalue weighted by Gasteiger charge is -2.56. The van der Waals surface area contributed by atoms with Crippen molar-refractivity contribution in [2.45, 2.75) is 33.6 Å². The lowest BCUT2D eigenvalue weighted by atomic mass is 9.47. The molecule has 0 saturated heterocycles. The third-order valence-electron chi connectivity index (χ3n) is 4.17. The first kappa shape index (κ1) is 9.63. The number of carbonyl (C=O) groups excluding carboxylic acids is 2. The highest BCUT2D eigenvalue weighted by Crippen LogP contribution is 2.59. The van der Waals surface area contributed by atoms with Crippen LogP contribution in [0.2, 0.25) is 0 Å². The number of rotatable bonds is 2. The lowest BCUT2D eigenvalue weighted by Crippen LogP contribution is -2.53. The summed E-state index contributed by atoms with van der Waals surface area (Å²) >= 11 is 0. The standard InChI is InChI=1S/C12H16O2/c1-7-8(4-5-13)11(14)10-6-9(7)12(10,2)3/h5,9-10H,4,6H2,1-3H3/t9-,10-/m0/s1. The van der Waals surface area contributed by atoms with Crippen molar-refractivity contribution >= 4 is 12.1 Å². The molecule has 0 radical (unpaired) electrons. The molecule has 2 heteroatoms. The lowest BCUT2D eigenvalue weighted by molar-refractivity contribution is -0.136. The fourth-order valence-corrected chi connectivity index (χ4v) is 3.07. The van der Waals surface area contributed by atoms with E-state index in [1.165, 1.54) is 0 Å². The molecule has 1 fully saturated rings. The van der Waals surface area contributed by atoms with Gasteiger partial charge in [0, 0.05) is 17.9 Å². The third kappa shape index (κ3) is 0.969. The van der Waals surface area contributed by atoms with Crippen LogP contribution < -0.4 is 0 Å². The van der Waals surface area contributed by atoms with E-state index in [-0.39, 0.29) is 17.1 Å². The maximum Gasteiger partial charge on any atom is 0.162 e. The molecular weight excluding hydrogens is 176 g/mol. The normalized spacial score (nSPS) is 34.1. The molecule has 0 aliphatic heterocycles. The molecule has 76 valence electrons. The molecule has 14 heavy (non-hydrogen) atoms. The molecule has 1 saturated carbocycles. The Morgan fingerprint density at radius 2 is 2.07 bits per heavy atom. The number of allylic oxidation sites excluding steroid dienone is 2. The van der Waals surface area contributed by atoms with Crippen LogP contribution >= 0.6 is 0 Å². The van der Waals surface area contributed by atoms with Crippen LogP contribution in [0.25, 0.3) is 0 Å². The van der Waals surface area contributed by atoms with E-state index in [1.54, 1.807) is 0 Å². The molecular formula is C12H16O2. The topological polar surface area (TPSA) is 34.1 Å². The van der Waals surface area contributed by atoms with Crippen LogP contribution in [0.5, 0.6) is 0 Å². The van der Waals surface area contributed by atoms with Gasteiger partial charge in [-0.25, -0.2) is 0 Å². The summed E-state index contributed by atoms with van der Waals surface area (Å²) in [5, 5.41) is 0. The third-order valence-corrected chi connectivity index (χ3v) is 4.17. The van der Waals surface area contributed by atoms with E-state index >= 15 is 0 Å². The van der Waals surface area contributed by atoms with E-state index in [0.29, 0.717) is 12.3 Å². The Morgan fingerprint density at radius 3 is 2.50 bits per heavy atom. The van der Waals surface area contributed by atoms with Gasteiger partial charge in [0.25, 0.3) is 0 Å². The average Bonchev–Trinajstić information content (AvgIpc) is 2.10. The number of ketones is 1. The minimum Gasteiger partial charge on any atom is -0.303 e. The summed E-state index contributed by atoms with van der Waals surface area (Å²) in [5.41, 5.74) is 2.09. The number of hydrogen-bond acceptors (Lipinski definition) is 2. The van der Waals surface area contributed by atoms with Gasteiger partial charge in [0.15, 0.2) is 5.78 Å². The molecule has 3 aliphatic rings. The van der Waals surface area contributed by atoms with Crippen molar-refractivity contribution in [2.75, 3.05) is 0 Å². The predicted molar refractivity (Wildman–Crippen MR) is 53.8 cm³/mol. The Kier molecular flexibility index (Phi) is 1.91. The molecule has 3 rings (SSSR count). The Morgan fingerprint density at radius 1 is 1.43 bits per heavy atom. The van der Waals surface area contributed by atoms with Crippen molar-refractivity contribution in [3.05, 3.63) is 11.1 Å². The fourth-order valence-electron chi connectivity index (χ4n) is 3.07. The molecule has 0 aromatic rings. The highest BCUT2D eigenvalue weighted by atomic mass is 16.1. The first-order valence-corrected chi connectivity index (χ1v) is 5.17. The number of aldehydes is 1. The van der Waals surface area contributed by atoms with Gasteiger partial charge in [-0.1, -0.05) is 19.4 Å². The second kappa shape index (κ2) is 2.78. The van der Waals surface area contributed by atoms with E-state index < -0.39 is 0 Å². The zero-order valence-corrected chi connectivity index (χ0v) is 8.96. The van der Waals surface area contributed by atoms with Crippen LogP contribution in [0.1, 0.15) is 33.6 Å². The highest BCUT2D eigenvalue weighted by Gasteiger charge is 2.56. The number of hydrogen-bond donors (Lipinski definition) is 0. The summed E-state index contributed by atoms with van der Waals surface area (Å²) in [6, 6.07) is 0. The Balaban J connectivity index is 2.40. The molecule has 0 amide bonds. The number of Topliss-reactive ketones (excluding diaryl/α,β-unsaturated/α-hetero) is 1. The molecule has 0 spiro atoms. The molecule has 2 atom stereocenters. The summed E-state index contributed by atoms with van der Waals surface area (Å²) in [6.45, 7) is 6.33. The van der Waals surface area contributed by atoms with Crippen molar-refractivity contribution in [2.24, 2.45) is 17.3 Å². The smallest absolute Gasteiger partial charge is 0.162 e. The Labute approximate surface area is 84.4 Å². The summed E-state index contributed by atoms with van der Waals surface area (Å²) < 4.78 is 0. The van der Waals surface area contributed by atoms with Gasteiger partial charge in [-0.3, -0.25) is 4.79 Å². The van der Waals surface area contributed by atoms with Crippen LogP contribution in [0.4, 0.5) is 0 Å². The van der Waals surface area contributed by atoms with Crippen LogP contribution in [0.3, 0.4) is 0 Å². The Hall–Kier alpha value is -0.920. The second-order valence-electron chi connectivity index (χ2n) is 5.06. The summed E-state index contributed by atoms with van der Waals surface area (Å²) in [5.74, 6) is 0.924. The van der Waals surface area contributed by atoms with E-state index in [9.17, 15) is 9.59 Å². The Bertz CT molecular complexity index is 336. The largest absolute Gasteiger partial charge is 0.303 e. The van der Waals surface area contributed by atoms with Gasteiger partial charge in [0.05, 0.1) is 0 Å². The number of fused-ring (bicyclic) bond motifs is 1. The highest BCUT2D eigenvalue weighted by molar-refractivity contribution is 6.02. The zero-order valence-electron chi connectivity index (χ0n) is 8.96. The van der Waals surface area contributed by atoms with Crippen molar-refractivity contribution in [1.82, 2.24) is 0 Å². The SMILES string of the molecule is CC1=C(CC=O)C(=O)[C@@H]2C[C@@H]1C2(C)C. The summed E-state index contributed by atoms with van der Waals surface area (Å²) in [4.78, 5) is 22.4. The molecule has 3 aliphatic carbocycles. The number of carbonyl (C=O) groups is 2. The van der Waals surface area contributed by atoms with Crippen molar-refractivity contribution < 1.29 is 9.59 Å². The van der Waals surface area contributed by atoms with Gasteiger partial charge < -0.3 is 4.79 Å². The maximum atomic E-state index is 12.0. The van der Waals surface area contributed by atoms with Gasteiger partial charge >= 0.3 is 0 Å². The summed E-state index contributed by atoms with van der Waals surface area (Å²) in [7, 11) is 0. The van der Waals surface area contributed by atoms with Crippen molar-refractivity contribution in [1.29, 1.82) is 0 Å². The van der Waals surface area contributed by atoms with Crippen LogP contribution in [0, 0.1) is 17.3 Å². The predicted octanol–water partition coefficient (Wildman–Crippen LogP) is 2.14. The molecule has 0 aromatic heterocycles. The second-order valence-corrected chi connectivity index (χ2v) is 5.06. The van der Waals surface area contributed by atoms with Crippen LogP contribution in [0.15, 0.2) is 11.1 Å². The molecule has 0 unspecified atom stereocenters. The van der Waals surface area contributed by atoms with E-state index in [4.69, 9.17) is 0 Å². The van der Waals surface area contributed by atoms with Gasteiger partial charge in [-0.15, -0.1) is 0 Å². The molecule has 2 nitrogen and oxygen atoms in total. The minimum atomic E-state index is 0.132. The molecule has 2 bridgehead atoms. The van der Waals surface area contributed by atoms with E-state index in [1.807, 2.05) is 6.92 Å². The minimum absolute atomic E-state index is 0.132. The van der Waals surface area contributed by atoms with Crippen LogP contribution in [-0.4, -0.2) is 12.1 Å². The van der Waals surface area contributed by atoms with E-state index in [2.05, 4.69) is 13.8 Å². The molecule has 0 N–H and O–H groups in total. The summed E-state index contributed by atoms with van der Waals surface area (Å²) in [6.07, 6.45) is 2.16. The monoisotopic (exact) mass is 192 g/mol. The molecule has 0 heterocycles. The van der Waals surface area contributed by atoms with Gasteiger partial charge in [0.2, 0.25) is 0 Å². The van der Waals surface area contributed by atoms with Gasteiger partial charge in [0.1, 0.15) is 6.29 Å². The zero-order chi connectivity index (χ0) is 10.5.